The molecule has 1 rings (SSSR count). The third-order valence-corrected chi connectivity index (χ3v) is 3.25. The highest BCUT2D eigenvalue weighted by molar-refractivity contribution is 8.02. The summed E-state index contributed by atoms with van der Waals surface area (Å²) in [5.74, 6) is -0.680. The van der Waals surface area contributed by atoms with E-state index in [-0.39, 0.29) is 5.78 Å². The molecule has 0 N–H and O–H groups in total. The van der Waals surface area contributed by atoms with Gasteiger partial charge in [-0.15, -0.1) is 11.8 Å². The minimum absolute atomic E-state index is 0.317. The van der Waals surface area contributed by atoms with Crippen LogP contribution in [0.15, 0.2) is 34.3 Å². The first-order valence-electron chi connectivity index (χ1n) is 6.72. The fourth-order valence-electron chi connectivity index (χ4n) is 1.54. The van der Waals surface area contributed by atoms with Crippen molar-refractivity contribution in [1.82, 2.24) is 0 Å². The SMILES string of the molecule is CCCCOC(=O)C(C(=O)C=CSCC)c1ccco1. The number of thioether (sulfide) groups is 1. The number of carbonyl (C=O) groups excluding carboxylic acids is 2. The summed E-state index contributed by atoms with van der Waals surface area (Å²) in [5.41, 5.74) is 0. The zero-order valence-electron chi connectivity index (χ0n) is 11.8. The third kappa shape index (κ3) is 5.25. The minimum Gasteiger partial charge on any atom is -0.468 e. The summed E-state index contributed by atoms with van der Waals surface area (Å²) >= 11 is 1.50. The van der Waals surface area contributed by atoms with Crippen molar-refractivity contribution in [2.75, 3.05) is 12.4 Å². The van der Waals surface area contributed by atoms with Crippen LogP contribution in [0.1, 0.15) is 38.4 Å². The standard InChI is InChI=1S/C15H20O4S/c1-3-5-9-19-15(17)14(13-7-6-10-18-13)12(16)8-11-20-4-2/h6-8,10-11,14H,3-5,9H2,1-2H3. The van der Waals surface area contributed by atoms with Gasteiger partial charge in [-0.25, -0.2) is 0 Å². The lowest BCUT2D eigenvalue weighted by Crippen LogP contribution is -2.23. The van der Waals surface area contributed by atoms with Crippen molar-refractivity contribution in [3.8, 4) is 0 Å². The summed E-state index contributed by atoms with van der Waals surface area (Å²) in [6, 6.07) is 3.27. The molecule has 0 aliphatic carbocycles. The Hall–Kier alpha value is -1.49. The topological polar surface area (TPSA) is 56.5 Å². The average molecular weight is 296 g/mol. The first-order valence-corrected chi connectivity index (χ1v) is 7.77. The van der Waals surface area contributed by atoms with E-state index in [1.165, 1.54) is 24.1 Å². The number of furan rings is 1. The van der Waals surface area contributed by atoms with Gasteiger partial charge in [0.15, 0.2) is 11.7 Å². The Morgan fingerprint density at radius 2 is 2.25 bits per heavy atom. The summed E-state index contributed by atoms with van der Waals surface area (Å²) in [6.45, 7) is 4.32. The lowest BCUT2D eigenvalue weighted by atomic mass is 10.0. The van der Waals surface area contributed by atoms with Crippen molar-refractivity contribution >= 4 is 23.5 Å². The summed E-state index contributed by atoms with van der Waals surface area (Å²) < 4.78 is 10.3. The molecule has 0 spiro atoms. The van der Waals surface area contributed by atoms with E-state index in [4.69, 9.17) is 9.15 Å². The number of hydrogen-bond acceptors (Lipinski definition) is 5. The van der Waals surface area contributed by atoms with Crippen LogP contribution in [0.2, 0.25) is 0 Å². The normalized spacial score (nSPS) is 12.5. The van der Waals surface area contributed by atoms with Gasteiger partial charge in [0.05, 0.1) is 12.9 Å². The number of rotatable bonds is 9. The molecule has 0 aliphatic rings. The second kappa shape index (κ2) is 9.42. The van der Waals surface area contributed by atoms with Crippen LogP contribution >= 0.6 is 11.8 Å². The van der Waals surface area contributed by atoms with E-state index < -0.39 is 11.9 Å². The Balaban J connectivity index is 2.75. The second-order valence-corrected chi connectivity index (χ2v) is 5.31. The molecular formula is C15H20O4S. The first-order chi connectivity index (χ1) is 9.70. The van der Waals surface area contributed by atoms with Crippen LogP contribution in [-0.2, 0) is 14.3 Å². The van der Waals surface area contributed by atoms with Crippen molar-refractivity contribution in [3.63, 3.8) is 0 Å². The number of ketones is 1. The largest absolute Gasteiger partial charge is 0.468 e. The Labute approximate surface area is 123 Å². The lowest BCUT2D eigenvalue weighted by Gasteiger charge is -2.11. The van der Waals surface area contributed by atoms with Crippen LogP contribution in [0.25, 0.3) is 0 Å². The molecule has 20 heavy (non-hydrogen) atoms. The average Bonchev–Trinajstić information content (AvgIpc) is 2.93. The van der Waals surface area contributed by atoms with Gasteiger partial charge in [0, 0.05) is 0 Å². The summed E-state index contributed by atoms with van der Waals surface area (Å²) in [6.07, 6.45) is 4.56. The molecule has 1 aromatic heterocycles. The van der Waals surface area contributed by atoms with Gasteiger partial charge in [-0.1, -0.05) is 20.3 Å². The Morgan fingerprint density at radius 1 is 1.45 bits per heavy atom. The maximum atomic E-state index is 12.1. The maximum Gasteiger partial charge on any atom is 0.324 e. The zero-order chi connectivity index (χ0) is 14.8. The predicted molar refractivity (Wildman–Crippen MR) is 79.6 cm³/mol. The van der Waals surface area contributed by atoms with Crippen LogP contribution in [-0.4, -0.2) is 24.1 Å². The fourth-order valence-corrected chi connectivity index (χ4v) is 1.96. The van der Waals surface area contributed by atoms with E-state index in [0.29, 0.717) is 12.4 Å². The molecule has 0 aromatic carbocycles. The highest BCUT2D eigenvalue weighted by atomic mass is 32.2. The van der Waals surface area contributed by atoms with Gasteiger partial charge < -0.3 is 9.15 Å². The van der Waals surface area contributed by atoms with Gasteiger partial charge in [-0.3, -0.25) is 9.59 Å². The van der Waals surface area contributed by atoms with E-state index in [9.17, 15) is 9.59 Å². The maximum absolute atomic E-state index is 12.1. The molecular weight excluding hydrogens is 276 g/mol. The molecule has 0 bridgehead atoms. The van der Waals surface area contributed by atoms with Gasteiger partial charge in [0.25, 0.3) is 0 Å². The molecule has 0 saturated heterocycles. The van der Waals surface area contributed by atoms with Crippen LogP contribution in [0.4, 0.5) is 0 Å². The number of allylic oxidation sites excluding steroid dienone is 1. The number of ether oxygens (including phenoxy) is 1. The molecule has 0 radical (unpaired) electrons. The number of carbonyl (C=O) groups is 2. The van der Waals surface area contributed by atoms with E-state index in [1.807, 2.05) is 13.8 Å². The quantitative estimate of drug-likeness (QED) is 0.302. The fraction of sp³-hybridized carbons (Fsp3) is 0.467. The van der Waals surface area contributed by atoms with Gasteiger partial charge in [0.2, 0.25) is 0 Å². The van der Waals surface area contributed by atoms with Crippen LogP contribution in [0, 0.1) is 0 Å². The third-order valence-electron chi connectivity index (χ3n) is 2.59. The van der Waals surface area contributed by atoms with Crippen molar-refractivity contribution in [2.24, 2.45) is 0 Å². The van der Waals surface area contributed by atoms with E-state index in [2.05, 4.69) is 0 Å². The van der Waals surface area contributed by atoms with Gasteiger partial charge in [0.1, 0.15) is 5.76 Å². The molecule has 0 saturated carbocycles. The summed E-state index contributed by atoms with van der Waals surface area (Å²) in [4.78, 5) is 24.2. The van der Waals surface area contributed by atoms with Crippen molar-refractivity contribution < 1.29 is 18.7 Å². The highest BCUT2D eigenvalue weighted by Crippen LogP contribution is 2.21. The predicted octanol–water partition coefficient (Wildman–Crippen LogP) is 3.54. The molecule has 1 aromatic rings. The highest BCUT2D eigenvalue weighted by Gasteiger charge is 2.30. The van der Waals surface area contributed by atoms with Crippen molar-refractivity contribution in [3.05, 3.63) is 35.6 Å². The number of esters is 1. The van der Waals surface area contributed by atoms with E-state index in [1.54, 1.807) is 17.5 Å². The van der Waals surface area contributed by atoms with Crippen LogP contribution in [0.5, 0.6) is 0 Å². The molecule has 0 amide bonds. The van der Waals surface area contributed by atoms with Gasteiger partial charge >= 0.3 is 5.97 Å². The van der Waals surface area contributed by atoms with E-state index >= 15 is 0 Å². The van der Waals surface area contributed by atoms with Crippen LogP contribution < -0.4 is 0 Å². The van der Waals surface area contributed by atoms with Crippen molar-refractivity contribution in [1.29, 1.82) is 0 Å². The monoisotopic (exact) mass is 296 g/mol. The number of unbranched alkanes of at least 4 members (excludes halogenated alkanes) is 1. The first kappa shape index (κ1) is 16.6. The molecule has 0 aliphatic heterocycles. The Bertz CT molecular complexity index is 437. The zero-order valence-corrected chi connectivity index (χ0v) is 12.7. The van der Waals surface area contributed by atoms with Crippen LogP contribution in [0.3, 0.4) is 0 Å². The van der Waals surface area contributed by atoms with E-state index in [0.717, 1.165) is 18.6 Å². The lowest BCUT2D eigenvalue weighted by molar-refractivity contribution is -0.148. The smallest absolute Gasteiger partial charge is 0.324 e. The summed E-state index contributed by atoms with van der Waals surface area (Å²) in [5, 5.41) is 1.69. The molecule has 1 unspecified atom stereocenters. The second-order valence-electron chi connectivity index (χ2n) is 4.13. The Kier molecular flexibility index (Phi) is 7.80. The van der Waals surface area contributed by atoms with Crippen molar-refractivity contribution in [2.45, 2.75) is 32.6 Å². The van der Waals surface area contributed by atoms with Gasteiger partial charge in [-0.05, 0) is 35.8 Å². The molecule has 5 heteroatoms. The molecule has 4 nitrogen and oxygen atoms in total. The summed E-state index contributed by atoms with van der Waals surface area (Å²) in [7, 11) is 0. The Morgan fingerprint density at radius 3 is 2.85 bits per heavy atom. The number of hydrogen-bond donors (Lipinski definition) is 0. The minimum atomic E-state index is -1.00. The molecule has 0 fully saturated rings. The molecule has 1 heterocycles. The molecule has 1 atom stereocenters. The van der Waals surface area contributed by atoms with Gasteiger partial charge in [-0.2, -0.15) is 0 Å². The molecule has 110 valence electrons.